The molecule has 0 spiro atoms. The monoisotopic (exact) mass is 291 g/mol. The van der Waals surface area contributed by atoms with Crippen molar-refractivity contribution in [1.29, 1.82) is 0 Å². The molecule has 1 heterocycles. The van der Waals surface area contributed by atoms with Crippen LogP contribution in [0.5, 0.6) is 0 Å². The zero-order valence-electron chi connectivity index (χ0n) is 11.8. The van der Waals surface area contributed by atoms with E-state index in [-0.39, 0.29) is 11.6 Å². The largest absolute Gasteiger partial charge is 0.382 e. The summed E-state index contributed by atoms with van der Waals surface area (Å²) < 4.78 is 13.7. The first-order valence-corrected chi connectivity index (χ1v) is 6.87. The summed E-state index contributed by atoms with van der Waals surface area (Å²) in [6, 6.07) is 4.46. The Balaban J connectivity index is 1.89. The highest BCUT2D eigenvalue weighted by Crippen LogP contribution is 2.19. The smallest absolute Gasteiger partial charge is 0.253 e. The summed E-state index contributed by atoms with van der Waals surface area (Å²) in [4.78, 5) is 16.1. The van der Waals surface area contributed by atoms with E-state index in [4.69, 9.17) is 0 Å². The third-order valence-corrected chi connectivity index (χ3v) is 2.95. The number of benzene rings is 1. The van der Waals surface area contributed by atoms with Gasteiger partial charge in [0.2, 0.25) is 0 Å². The molecule has 0 saturated carbocycles. The molecule has 0 aliphatic carbocycles. The molecule has 0 aliphatic rings. The molecule has 0 saturated heterocycles. The van der Waals surface area contributed by atoms with Crippen molar-refractivity contribution in [1.82, 2.24) is 20.5 Å². The molecule has 1 amide bonds. The highest BCUT2D eigenvalue weighted by Gasteiger charge is 2.14. The molecule has 3 N–H and O–H groups in total. The van der Waals surface area contributed by atoms with Gasteiger partial charge in [-0.3, -0.25) is 9.89 Å². The van der Waals surface area contributed by atoms with E-state index in [1.54, 1.807) is 6.07 Å². The molecule has 7 heteroatoms. The number of rotatable bonds is 7. The zero-order chi connectivity index (χ0) is 15.1. The van der Waals surface area contributed by atoms with Crippen LogP contribution in [0.15, 0.2) is 24.5 Å². The average molecular weight is 291 g/mol. The third kappa shape index (κ3) is 4.01. The fraction of sp³-hybridized carbons (Fsp3) is 0.357. The van der Waals surface area contributed by atoms with Crippen LogP contribution in [0.25, 0.3) is 0 Å². The predicted molar refractivity (Wildman–Crippen MR) is 77.6 cm³/mol. The lowest BCUT2D eigenvalue weighted by Gasteiger charge is -2.11. The minimum atomic E-state index is -0.425. The number of H-pyrrole nitrogens is 1. The van der Waals surface area contributed by atoms with Gasteiger partial charge in [0.25, 0.3) is 5.91 Å². The Morgan fingerprint density at radius 2 is 2.29 bits per heavy atom. The summed E-state index contributed by atoms with van der Waals surface area (Å²) in [7, 11) is 0. The molecular formula is C14H18FN5O. The minimum absolute atomic E-state index is 0.243. The normalized spacial score (nSPS) is 10.4. The number of anilines is 1. The van der Waals surface area contributed by atoms with Crippen LogP contribution in [0.1, 0.15) is 29.5 Å². The van der Waals surface area contributed by atoms with Gasteiger partial charge in [-0.2, -0.15) is 5.10 Å². The summed E-state index contributed by atoms with van der Waals surface area (Å²) in [6.07, 6.45) is 2.87. The van der Waals surface area contributed by atoms with Gasteiger partial charge in [0, 0.05) is 19.5 Å². The van der Waals surface area contributed by atoms with Gasteiger partial charge in [0.05, 0.1) is 11.3 Å². The molecule has 0 fully saturated rings. The van der Waals surface area contributed by atoms with E-state index >= 15 is 0 Å². The van der Waals surface area contributed by atoms with Crippen molar-refractivity contribution in [2.45, 2.75) is 19.8 Å². The van der Waals surface area contributed by atoms with Gasteiger partial charge in [0.1, 0.15) is 18.0 Å². The number of para-hydroxylation sites is 1. The first-order chi connectivity index (χ1) is 10.2. The lowest BCUT2D eigenvalue weighted by molar-refractivity contribution is 0.0953. The maximum Gasteiger partial charge on any atom is 0.253 e. The van der Waals surface area contributed by atoms with Crippen molar-refractivity contribution in [3.05, 3.63) is 41.7 Å². The van der Waals surface area contributed by atoms with Gasteiger partial charge in [-0.25, -0.2) is 9.37 Å². The number of nitrogens with zero attached hydrogens (tertiary/aromatic N) is 2. The second-order valence-corrected chi connectivity index (χ2v) is 4.48. The number of halogens is 1. The second kappa shape index (κ2) is 7.37. The molecule has 0 aliphatic heterocycles. The highest BCUT2D eigenvalue weighted by molar-refractivity contribution is 5.99. The fourth-order valence-electron chi connectivity index (χ4n) is 1.97. The number of amides is 1. The summed E-state index contributed by atoms with van der Waals surface area (Å²) in [5.41, 5.74) is 0.559. The van der Waals surface area contributed by atoms with Gasteiger partial charge in [0.15, 0.2) is 0 Å². The zero-order valence-corrected chi connectivity index (χ0v) is 11.8. The van der Waals surface area contributed by atoms with Gasteiger partial charge in [-0.1, -0.05) is 6.07 Å². The van der Waals surface area contributed by atoms with E-state index in [0.29, 0.717) is 25.1 Å². The summed E-state index contributed by atoms with van der Waals surface area (Å²) in [5, 5.41) is 12.2. The van der Waals surface area contributed by atoms with Crippen molar-refractivity contribution >= 4 is 11.6 Å². The van der Waals surface area contributed by atoms with Crippen LogP contribution in [0.2, 0.25) is 0 Å². The van der Waals surface area contributed by atoms with Gasteiger partial charge in [-0.05, 0) is 25.5 Å². The van der Waals surface area contributed by atoms with E-state index in [1.165, 1.54) is 18.5 Å². The van der Waals surface area contributed by atoms with Crippen LogP contribution in [0.4, 0.5) is 10.1 Å². The number of hydrogen-bond donors (Lipinski definition) is 3. The van der Waals surface area contributed by atoms with E-state index in [9.17, 15) is 9.18 Å². The Hall–Kier alpha value is -2.44. The first-order valence-electron chi connectivity index (χ1n) is 6.87. The van der Waals surface area contributed by atoms with Gasteiger partial charge < -0.3 is 10.6 Å². The lowest BCUT2D eigenvalue weighted by atomic mass is 10.1. The van der Waals surface area contributed by atoms with Crippen LogP contribution < -0.4 is 10.6 Å². The molecule has 2 rings (SSSR count). The molecule has 112 valence electrons. The molecule has 1 aromatic carbocycles. The highest BCUT2D eigenvalue weighted by atomic mass is 19.1. The Labute approximate surface area is 122 Å². The number of aromatic amines is 1. The molecule has 6 nitrogen and oxygen atoms in total. The maximum absolute atomic E-state index is 13.7. The number of aromatic nitrogens is 3. The van der Waals surface area contributed by atoms with Crippen molar-refractivity contribution in [2.75, 3.05) is 18.4 Å². The standard InChI is InChI=1S/C14H18FN5O/c1-2-16-13-10(5-3-6-11(13)15)14(21)17-8-4-7-12-18-9-19-20-12/h3,5-6,9,16H,2,4,7-8H2,1H3,(H,17,21)(H,18,19,20). The van der Waals surface area contributed by atoms with Crippen LogP contribution in [-0.4, -0.2) is 34.2 Å². The van der Waals surface area contributed by atoms with E-state index < -0.39 is 5.82 Å². The number of nitrogens with one attached hydrogen (secondary N) is 3. The molecule has 2 aromatic rings. The minimum Gasteiger partial charge on any atom is -0.382 e. The summed E-state index contributed by atoms with van der Waals surface area (Å²) >= 11 is 0. The molecule has 0 atom stereocenters. The molecule has 1 aromatic heterocycles. The van der Waals surface area contributed by atoms with Gasteiger partial charge >= 0.3 is 0 Å². The fourth-order valence-corrected chi connectivity index (χ4v) is 1.97. The molecular weight excluding hydrogens is 273 g/mol. The number of carbonyl (C=O) groups is 1. The van der Waals surface area contributed by atoms with Crippen LogP contribution in [0.3, 0.4) is 0 Å². The molecule has 21 heavy (non-hydrogen) atoms. The van der Waals surface area contributed by atoms with E-state index in [2.05, 4.69) is 25.8 Å². The topological polar surface area (TPSA) is 82.7 Å². The first kappa shape index (κ1) is 15.0. The number of carbonyl (C=O) groups excluding carboxylic acids is 1. The van der Waals surface area contributed by atoms with E-state index in [1.807, 2.05) is 6.92 Å². The third-order valence-electron chi connectivity index (χ3n) is 2.95. The Morgan fingerprint density at radius 1 is 1.43 bits per heavy atom. The molecule has 0 unspecified atom stereocenters. The van der Waals surface area contributed by atoms with Crippen molar-refractivity contribution in [2.24, 2.45) is 0 Å². The maximum atomic E-state index is 13.7. The molecule has 0 radical (unpaired) electrons. The lowest BCUT2D eigenvalue weighted by Crippen LogP contribution is -2.26. The number of hydrogen-bond acceptors (Lipinski definition) is 4. The predicted octanol–water partition coefficient (Wildman–Crippen LogP) is 1.74. The summed E-state index contributed by atoms with van der Waals surface area (Å²) in [5.74, 6) is 0.0672. The van der Waals surface area contributed by atoms with E-state index in [0.717, 1.165) is 12.2 Å². The van der Waals surface area contributed by atoms with Gasteiger partial charge in [-0.15, -0.1) is 0 Å². The Bertz CT molecular complexity index is 585. The average Bonchev–Trinajstić information content (AvgIpc) is 2.99. The second-order valence-electron chi connectivity index (χ2n) is 4.48. The summed E-state index contributed by atoms with van der Waals surface area (Å²) in [6.45, 7) is 2.89. The van der Waals surface area contributed by atoms with Crippen LogP contribution in [-0.2, 0) is 6.42 Å². The van der Waals surface area contributed by atoms with Crippen molar-refractivity contribution in [3.8, 4) is 0 Å². The van der Waals surface area contributed by atoms with Crippen molar-refractivity contribution in [3.63, 3.8) is 0 Å². The quantitative estimate of drug-likeness (QED) is 0.679. The molecule has 0 bridgehead atoms. The Morgan fingerprint density at radius 3 is 3.00 bits per heavy atom. The Kier molecular flexibility index (Phi) is 5.25. The number of aryl methyl sites for hydroxylation is 1. The van der Waals surface area contributed by atoms with Crippen molar-refractivity contribution < 1.29 is 9.18 Å². The van der Waals surface area contributed by atoms with Crippen LogP contribution >= 0.6 is 0 Å². The van der Waals surface area contributed by atoms with Crippen LogP contribution in [0, 0.1) is 5.82 Å². The SMILES string of the molecule is CCNc1c(F)cccc1C(=O)NCCCc1ncn[nH]1.